The first-order valence-corrected chi connectivity index (χ1v) is 8.65. The molecule has 0 amide bonds. The molecule has 128 valence electrons. The lowest BCUT2D eigenvalue weighted by atomic mass is 10.0. The number of hydrogen-bond acceptors (Lipinski definition) is 3. The minimum Gasteiger partial charge on any atom is -0.464 e. The van der Waals surface area contributed by atoms with E-state index in [1.807, 2.05) is 36.4 Å². The first-order valence-electron chi connectivity index (χ1n) is 7.89. The molecule has 5 heteroatoms. The summed E-state index contributed by atoms with van der Waals surface area (Å²) < 4.78 is 4.78. The fourth-order valence-electron chi connectivity index (χ4n) is 2.44. The summed E-state index contributed by atoms with van der Waals surface area (Å²) in [4.78, 5) is 11.3. The molecule has 2 aromatic rings. The van der Waals surface area contributed by atoms with Gasteiger partial charge in [-0.1, -0.05) is 47.5 Å². The number of ether oxygens (including phenoxy) is 1. The van der Waals surface area contributed by atoms with Crippen molar-refractivity contribution in [2.45, 2.75) is 32.3 Å². The van der Waals surface area contributed by atoms with E-state index in [1.54, 1.807) is 13.0 Å². The lowest BCUT2D eigenvalue weighted by Gasteiger charge is -2.09. The topological polar surface area (TPSA) is 46.5 Å². The van der Waals surface area contributed by atoms with Gasteiger partial charge in [-0.05, 0) is 61.1 Å². The van der Waals surface area contributed by atoms with E-state index in [0.29, 0.717) is 22.9 Å². The standard InChI is InChI=1S/C19H20Cl2O3/c1-2-24-19(23)18(22)5-3-4-13-6-8-14(9-7-13)15-10-16(20)12-17(21)11-15/h6-12,18,22H,2-5H2,1H3. The smallest absolute Gasteiger partial charge is 0.334 e. The highest BCUT2D eigenvalue weighted by Crippen LogP contribution is 2.27. The number of carbonyl (C=O) groups excluding carboxylic acids is 1. The third kappa shape index (κ3) is 5.52. The minimum atomic E-state index is -1.04. The number of benzene rings is 2. The van der Waals surface area contributed by atoms with Crippen LogP contribution in [0.5, 0.6) is 0 Å². The van der Waals surface area contributed by atoms with E-state index >= 15 is 0 Å². The van der Waals surface area contributed by atoms with Gasteiger partial charge in [-0.25, -0.2) is 4.79 Å². The second-order valence-corrected chi connectivity index (χ2v) is 6.39. The van der Waals surface area contributed by atoms with E-state index in [9.17, 15) is 9.90 Å². The Morgan fingerprint density at radius 2 is 1.71 bits per heavy atom. The molecule has 0 radical (unpaired) electrons. The number of esters is 1. The van der Waals surface area contributed by atoms with Crippen LogP contribution in [-0.4, -0.2) is 23.8 Å². The summed E-state index contributed by atoms with van der Waals surface area (Å²) in [6.45, 7) is 2.00. The van der Waals surface area contributed by atoms with Gasteiger partial charge in [0.15, 0.2) is 6.10 Å². The number of rotatable bonds is 7. The van der Waals surface area contributed by atoms with E-state index in [1.165, 1.54) is 0 Å². The molecule has 2 rings (SSSR count). The van der Waals surface area contributed by atoms with Crippen LogP contribution >= 0.6 is 23.2 Å². The second kappa shape index (κ2) is 9.07. The zero-order valence-corrected chi connectivity index (χ0v) is 15.0. The highest BCUT2D eigenvalue weighted by molar-refractivity contribution is 6.35. The molecule has 3 nitrogen and oxygen atoms in total. The van der Waals surface area contributed by atoms with Crippen LogP contribution in [0.1, 0.15) is 25.3 Å². The number of aryl methyl sites for hydroxylation is 1. The Morgan fingerprint density at radius 3 is 2.29 bits per heavy atom. The van der Waals surface area contributed by atoms with Gasteiger partial charge < -0.3 is 9.84 Å². The van der Waals surface area contributed by atoms with Crippen molar-refractivity contribution in [3.8, 4) is 11.1 Å². The summed E-state index contributed by atoms with van der Waals surface area (Å²) in [7, 11) is 0. The van der Waals surface area contributed by atoms with Crippen molar-refractivity contribution >= 4 is 29.2 Å². The third-order valence-electron chi connectivity index (χ3n) is 3.65. The van der Waals surface area contributed by atoms with Gasteiger partial charge in [0, 0.05) is 10.0 Å². The number of halogens is 2. The van der Waals surface area contributed by atoms with E-state index in [-0.39, 0.29) is 6.61 Å². The molecule has 1 N–H and O–H groups in total. The highest BCUT2D eigenvalue weighted by Gasteiger charge is 2.15. The lowest BCUT2D eigenvalue weighted by Crippen LogP contribution is -2.23. The Kier molecular flexibility index (Phi) is 7.10. The summed E-state index contributed by atoms with van der Waals surface area (Å²) in [5.41, 5.74) is 3.15. The monoisotopic (exact) mass is 366 g/mol. The SMILES string of the molecule is CCOC(=O)C(O)CCCc1ccc(-c2cc(Cl)cc(Cl)c2)cc1. The maximum Gasteiger partial charge on any atom is 0.334 e. The van der Waals surface area contributed by atoms with Crippen LogP contribution in [-0.2, 0) is 16.0 Å². The predicted molar refractivity (Wildman–Crippen MR) is 97.5 cm³/mol. The molecule has 0 aliphatic heterocycles. The summed E-state index contributed by atoms with van der Waals surface area (Å²) >= 11 is 12.1. The minimum absolute atomic E-state index is 0.283. The van der Waals surface area contributed by atoms with Crippen molar-refractivity contribution in [1.29, 1.82) is 0 Å². The summed E-state index contributed by atoms with van der Waals surface area (Å²) in [5.74, 6) is -0.550. The Bertz CT molecular complexity index is 663. The Morgan fingerprint density at radius 1 is 1.08 bits per heavy atom. The summed E-state index contributed by atoms with van der Waals surface area (Å²) in [6.07, 6.45) is 0.845. The maximum absolute atomic E-state index is 11.3. The van der Waals surface area contributed by atoms with Gasteiger partial charge in [0.25, 0.3) is 0 Å². The van der Waals surface area contributed by atoms with Gasteiger partial charge >= 0.3 is 5.97 Å². The summed E-state index contributed by atoms with van der Waals surface area (Å²) in [6, 6.07) is 13.5. The molecule has 2 aromatic carbocycles. The van der Waals surface area contributed by atoms with Crippen molar-refractivity contribution in [2.75, 3.05) is 6.61 Å². The van der Waals surface area contributed by atoms with Crippen LogP contribution in [0.25, 0.3) is 11.1 Å². The van der Waals surface area contributed by atoms with E-state index in [0.717, 1.165) is 23.1 Å². The molecule has 0 heterocycles. The van der Waals surface area contributed by atoms with Crippen LogP contribution < -0.4 is 0 Å². The van der Waals surface area contributed by atoms with Gasteiger partial charge in [0.1, 0.15) is 0 Å². The van der Waals surface area contributed by atoms with E-state index in [4.69, 9.17) is 27.9 Å². The largest absolute Gasteiger partial charge is 0.464 e. The van der Waals surface area contributed by atoms with Crippen LogP contribution in [0.3, 0.4) is 0 Å². The number of carbonyl (C=O) groups is 1. The molecule has 0 spiro atoms. The third-order valence-corrected chi connectivity index (χ3v) is 4.09. The molecule has 0 fully saturated rings. The first kappa shape index (κ1) is 18.8. The molecule has 1 atom stereocenters. The zero-order valence-electron chi connectivity index (χ0n) is 13.5. The number of hydrogen-bond donors (Lipinski definition) is 1. The van der Waals surface area contributed by atoms with Crippen molar-refractivity contribution in [3.05, 3.63) is 58.1 Å². The van der Waals surface area contributed by atoms with Gasteiger partial charge in [0.2, 0.25) is 0 Å². The Labute approximate surface area is 152 Å². The van der Waals surface area contributed by atoms with E-state index < -0.39 is 12.1 Å². The van der Waals surface area contributed by atoms with Crippen molar-refractivity contribution in [1.82, 2.24) is 0 Å². The fraction of sp³-hybridized carbons (Fsp3) is 0.316. The first-order chi connectivity index (χ1) is 11.5. The van der Waals surface area contributed by atoms with Crippen LogP contribution in [0.4, 0.5) is 0 Å². The molecule has 1 unspecified atom stereocenters. The van der Waals surface area contributed by atoms with Crippen molar-refractivity contribution in [3.63, 3.8) is 0 Å². The van der Waals surface area contributed by atoms with Gasteiger partial charge in [-0.15, -0.1) is 0 Å². The lowest BCUT2D eigenvalue weighted by molar-refractivity contribution is -0.153. The quantitative estimate of drug-likeness (QED) is 0.708. The van der Waals surface area contributed by atoms with Crippen LogP contribution in [0.15, 0.2) is 42.5 Å². The second-order valence-electron chi connectivity index (χ2n) is 5.52. The molecule has 0 bridgehead atoms. The fourth-order valence-corrected chi connectivity index (χ4v) is 2.97. The molecular weight excluding hydrogens is 347 g/mol. The molecule has 24 heavy (non-hydrogen) atoms. The molecular formula is C19H20Cl2O3. The van der Waals surface area contributed by atoms with Gasteiger partial charge in [-0.3, -0.25) is 0 Å². The maximum atomic E-state index is 11.3. The molecule has 0 saturated carbocycles. The average Bonchev–Trinajstić information content (AvgIpc) is 2.54. The predicted octanol–water partition coefficient (Wildman–Crippen LogP) is 4.91. The molecule has 0 saturated heterocycles. The van der Waals surface area contributed by atoms with Gasteiger partial charge in [-0.2, -0.15) is 0 Å². The van der Waals surface area contributed by atoms with Crippen molar-refractivity contribution in [2.24, 2.45) is 0 Å². The van der Waals surface area contributed by atoms with E-state index in [2.05, 4.69) is 0 Å². The molecule has 0 aliphatic carbocycles. The number of aliphatic hydroxyl groups is 1. The van der Waals surface area contributed by atoms with Crippen LogP contribution in [0, 0.1) is 0 Å². The summed E-state index contributed by atoms with van der Waals surface area (Å²) in [5, 5.41) is 10.9. The molecule has 0 aromatic heterocycles. The Hall–Kier alpha value is -1.55. The normalized spacial score (nSPS) is 12.0. The Balaban J connectivity index is 1.91. The zero-order chi connectivity index (χ0) is 17.5. The van der Waals surface area contributed by atoms with Crippen molar-refractivity contribution < 1.29 is 14.6 Å². The average molecular weight is 367 g/mol. The number of aliphatic hydroxyl groups excluding tert-OH is 1. The molecule has 0 aliphatic rings. The highest BCUT2D eigenvalue weighted by atomic mass is 35.5. The van der Waals surface area contributed by atoms with Gasteiger partial charge in [0.05, 0.1) is 6.61 Å². The van der Waals surface area contributed by atoms with Crippen LogP contribution in [0.2, 0.25) is 10.0 Å².